The predicted molar refractivity (Wildman–Crippen MR) is 125 cm³/mol. The second-order valence-electron chi connectivity index (χ2n) is 8.06. The predicted octanol–water partition coefficient (Wildman–Crippen LogP) is 3.16. The number of piperazine rings is 1. The maximum absolute atomic E-state index is 13.6. The fraction of sp³-hybridized carbons (Fsp3) is 0.208. The lowest BCUT2D eigenvalue weighted by Gasteiger charge is -2.38. The Bertz CT molecular complexity index is 1400. The van der Waals surface area contributed by atoms with Gasteiger partial charge >= 0.3 is 0 Å². The van der Waals surface area contributed by atoms with Crippen LogP contribution in [0.3, 0.4) is 0 Å². The Morgan fingerprint density at radius 3 is 2.61 bits per heavy atom. The second-order valence-corrected chi connectivity index (χ2v) is 9.92. The molecule has 3 aromatic heterocycles. The average Bonchev–Trinajstić information content (AvgIpc) is 3.30. The van der Waals surface area contributed by atoms with Crippen molar-refractivity contribution in [1.82, 2.24) is 24.2 Å². The van der Waals surface area contributed by atoms with Gasteiger partial charge < -0.3 is 9.88 Å². The summed E-state index contributed by atoms with van der Waals surface area (Å²) in [6, 6.07) is 14.1. The van der Waals surface area contributed by atoms with Gasteiger partial charge in [0, 0.05) is 67.0 Å². The SMILES string of the molecule is C[C@@H]1CN(C(=O)c2ccccc2)CCN1S(=O)(=O)c1c[nH]c2c(-c3cccnc3)nccc12. The number of pyridine rings is 2. The van der Waals surface area contributed by atoms with Crippen molar-refractivity contribution in [2.45, 2.75) is 17.9 Å². The Kier molecular flexibility index (Phi) is 5.43. The summed E-state index contributed by atoms with van der Waals surface area (Å²) in [4.78, 5) is 26.4. The summed E-state index contributed by atoms with van der Waals surface area (Å²) in [6.45, 7) is 2.73. The molecule has 0 unspecified atom stereocenters. The van der Waals surface area contributed by atoms with Crippen LogP contribution in [0.2, 0.25) is 0 Å². The highest BCUT2D eigenvalue weighted by atomic mass is 32.2. The van der Waals surface area contributed by atoms with Crippen LogP contribution < -0.4 is 0 Å². The molecule has 168 valence electrons. The van der Waals surface area contributed by atoms with Crippen molar-refractivity contribution in [2.75, 3.05) is 19.6 Å². The Labute approximate surface area is 192 Å². The molecule has 4 aromatic rings. The zero-order valence-electron chi connectivity index (χ0n) is 18.0. The van der Waals surface area contributed by atoms with Gasteiger partial charge in [-0.1, -0.05) is 18.2 Å². The summed E-state index contributed by atoms with van der Waals surface area (Å²) in [5.41, 5.74) is 2.70. The summed E-state index contributed by atoms with van der Waals surface area (Å²) in [7, 11) is -3.79. The first-order chi connectivity index (χ1) is 16.0. The van der Waals surface area contributed by atoms with Crippen molar-refractivity contribution in [3.8, 4) is 11.3 Å². The zero-order valence-corrected chi connectivity index (χ0v) is 18.9. The molecule has 1 aliphatic heterocycles. The molecule has 0 aliphatic carbocycles. The number of H-pyrrole nitrogens is 1. The number of aromatic nitrogens is 3. The minimum atomic E-state index is -3.79. The van der Waals surface area contributed by atoms with Crippen LogP contribution in [0.5, 0.6) is 0 Å². The van der Waals surface area contributed by atoms with Crippen molar-refractivity contribution in [1.29, 1.82) is 0 Å². The highest BCUT2D eigenvalue weighted by molar-refractivity contribution is 7.89. The molecule has 5 rings (SSSR count). The van der Waals surface area contributed by atoms with E-state index in [0.29, 0.717) is 35.2 Å². The lowest BCUT2D eigenvalue weighted by molar-refractivity contribution is 0.0642. The van der Waals surface area contributed by atoms with E-state index in [1.165, 1.54) is 10.5 Å². The molecule has 0 radical (unpaired) electrons. The van der Waals surface area contributed by atoms with E-state index >= 15 is 0 Å². The first-order valence-electron chi connectivity index (χ1n) is 10.7. The fourth-order valence-corrected chi connectivity index (χ4v) is 6.11. The Hall–Kier alpha value is -3.56. The van der Waals surface area contributed by atoms with E-state index in [9.17, 15) is 13.2 Å². The summed E-state index contributed by atoms with van der Waals surface area (Å²) >= 11 is 0. The fourth-order valence-electron chi connectivity index (χ4n) is 4.34. The first kappa shape index (κ1) is 21.3. The van der Waals surface area contributed by atoms with Crippen LogP contribution in [-0.4, -0.2) is 64.2 Å². The lowest BCUT2D eigenvalue weighted by Crippen LogP contribution is -2.55. The third-order valence-electron chi connectivity index (χ3n) is 5.96. The summed E-state index contributed by atoms with van der Waals surface area (Å²) in [5, 5.41) is 0.582. The molecule has 9 heteroatoms. The van der Waals surface area contributed by atoms with Crippen molar-refractivity contribution in [2.24, 2.45) is 0 Å². The molecule has 33 heavy (non-hydrogen) atoms. The van der Waals surface area contributed by atoms with Crippen LogP contribution >= 0.6 is 0 Å². The second kappa shape index (κ2) is 8.42. The number of hydrogen-bond acceptors (Lipinski definition) is 5. The highest BCUT2D eigenvalue weighted by Crippen LogP contribution is 2.32. The number of nitrogens with zero attached hydrogens (tertiary/aromatic N) is 4. The number of rotatable bonds is 4. The van der Waals surface area contributed by atoms with Crippen molar-refractivity contribution < 1.29 is 13.2 Å². The smallest absolute Gasteiger partial charge is 0.253 e. The number of benzene rings is 1. The maximum atomic E-state index is 13.6. The number of amides is 1. The van der Waals surface area contributed by atoms with Crippen LogP contribution in [0.4, 0.5) is 0 Å². The molecular formula is C24H23N5O3S. The third kappa shape index (κ3) is 3.79. The Balaban J connectivity index is 1.43. The molecule has 0 saturated carbocycles. The zero-order chi connectivity index (χ0) is 23.0. The molecule has 1 N–H and O–H groups in total. The monoisotopic (exact) mass is 461 g/mol. The molecular weight excluding hydrogens is 438 g/mol. The quantitative estimate of drug-likeness (QED) is 0.503. The first-order valence-corrected chi connectivity index (χ1v) is 12.1. The summed E-state index contributed by atoms with van der Waals surface area (Å²) in [6.07, 6.45) is 6.51. The van der Waals surface area contributed by atoms with Gasteiger partial charge in [0.15, 0.2) is 0 Å². The van der Waals surface area contributed by atoms with Crippen LogP contribution in [0.1, 0.15) is 17.3 Å². The average molecular weight is 462 g/mol. The van der Waals surface area contributed by atoms with Gasteiger partial charge in [-0.2, -0.15) is 4.31 Å². The standard InChI is InChI=1S/C24H23N5O3S/c1-17-16-28(24(30)18-6-3-2-4-7-18)12-13-29(17)33(31,32)21-15-27-23-20(21)9-11-26-22(23)19-8-5-10-25-14-19/h2-11,14-15,17,27H,12-13,16H2,1H3/t17-/m1/s1. The number of fused-ring (bicyclic) bond motifs is 1. The molecule has 8 nitrogen and oxygen atoms in total. The minimum Gasteiger partial charge on any atom is -0.358 e. The number of nitrogens with one attached hydrogen (secondary N) is 1. The number of carbonyl (C=O) groups is 1. The molecule has 1 aliphatic rings. The van der Waals surface area contributed by atoms with Crippen LogP contribution in [0, 0.1) is 0 Å². The van der Waals surface area contributed by atoms with Gasteiger partial charge in [0.05, 0.1) is 11.2 Å². The molecule has 1 fully saturated rings. The van der Waals surface area contributed by atoms with Gasteiger partial charge in [-0.3, -0.25) is 14.8 Å². The Morgan fingerprint density at radius 2 is 1.88 bits per heavy atom. The van der Waals surface area contributed by atoms with E-state index in [0.717, 1.165) is 5.56 Å². The molecule has 0 spiro atoms. The summed E-state index contributed by atoms with van der Waals surface area (Å²) < 4.78 is 28.8. The van der Waals surface area contributed by atoms with Gasteiger partial charge in [-0.15, -0.1) is 0 Å². The minimum absolute atomic E-state index is 0.0845. The molecule has 1 saturated heterocycles. The number of carbonyl (C=O) groups excluding carboxylic acids is 1. The third-order valence-corrected chi connectivity index (χ3v) is 8.01. The van der Waals surface area contributed by atoms with E-state index in [1.807, 2.05) is 37.3 Å². The number of hydrogen-bond donors (Lipinski definition) is 1. The van der Waals surface area contributed by atoms with Crippen molar-refractivity contribution in [3.63, 3.8) is 0 Å². The van der Waals surface area contributed by atoms with Gasteiger partial charge in [0.25, 0.3) is 5.91 Å². The van der Waals surface area contributed by atoms with Gasteiger partial charge in [-0.25, -0.2) is 8.42 Å². The van der Waals surface area contributed by atoms with E-state index in [4.69, 9.17) is 0 Å². The van der Waals surface area contributed by atoms with E-state index in [2.05, 4.69) is 15.0 Å². The van der Waals surface area contributed by atoms with E-state index in [-0.39, 0.29) is 23.4 Å². The largest absolute Gasteiger partial charge is 0.358 e. The molecule has 0 bridgehead atoms. The molecule has 4 heterocycles. The Morgan fingerprint density at radius 1 is 1.06 bits per heavy atom. The van der Waals surface area contributed by atoms with Gasteiger partial charge in [0.2, 0.25) is 10.0 Å². The van der Waals surface area contributed by atoms with Gasteiger partial charge in [0.1, 0.15) is 4.90 Å². The molecule has 1 amide bonds. The van der Waals surface area contributed by atoms with Crippen molar-refractivity contribution in [3.05, 3.63) is 78.9 Å². The van der Waals surface area contributed by atoms with E-state index < -0.39 is 10.0 Å². The van der Waals surface area contributed by atoms with Crippen LogP contribution in [-0.2, 0) is 10.0 Å². The molecule has 1 atom stereocenters. The molecule has 1 aromatic carbocycles. The van der Waals surface area contributed by atoms with Crippen LogP contribution in [0.15, 0.2) is 78.2 Å². The van der Waals surface area contributed by atoms with Gasteiger partial charge in [-0.05, 0) is 37.3 Å². The topological polar surface area (TPSA) is 99.3 Å². The van der Waals surface area contributed by atoms with Crippen LogP contribution in [0.25, 0.3) is 22.2 Å². The highest BCUT2D eigenvalue weighted by Gasteiger charge is 2.36. The maximum Gasteiger partial charge on any atom is 0.253 e. The number of aromatic amines is 1. The lowest BCUT2D eigenvalue weighted by atomic mass is 10.1. The normalized spacial score (nSPS) is 17.4. The van der Waals surface area contributed by atoms with Crippen molar-refractivity contribution >= 4 is 26.8 Å². The van der Waals surface area contributed by atoms with E-state index in [1.54, 1.807) is 41.7 Å². The summed E-state index contributed by atoms with van der Waals surface area (Å²) in [5.74, 6) is -0.0845. The number of sulfonamides is 1.